The molecule has 5 rings (SSSR count). The fourth-order valence-corrected chi connectivity index (χ4v) is 4.45. The van der Waals surface area contributed by atoms with Crippen molar-refractivity contribution in [3.8, 4) is 22.9 Å². The van der Waals surface area contributed by atoms with Crippen LogP contribution in [0.3, 0.4) is 0 Å². The van der Waals surface area contributed by atoms with Crippen molar-refractivity contribution in [2.75, 3.05) is 30.2 Å². The van der Waals surface area contributed by atoms with Gasteiger partial charge < -0.3 is 25.2 Å². The third kappa shape index (κ3) is 5.99. The predicted molar refractivity (Wildman–Crippen MR) is 158 cm³/mol. The highest BCUT2D eigenvalue weighted by Crippen LogP contribution is 2.37. The van der Waals surface area contributed by atoms with E-state index >= 15 is 0 Å². The number of methoxy groups -OCH3 is 1. The average molecular weight is 575 g/mol. The maximum Gasteiger partial charge on any atom is 0.432 e. The monoisotopic (exact) mass is 574 g/mol. The van der Waals surface area contributed by atoms with Crippen LogP contribution in [-0.2, 0) is 4.79 Å². The van der Waals surface area contributed by atoms with Gasteiger partial charge in [-0.05, 0) is 42.8 Å². The van der Waals surface area contributed by atoms with Crippen LogP contribution in [0.25, 0.3) is 33.2 Å². The molecule has 0 aliphatic rings. The molecule has 0 unspecified atom stereocenters. The summed E-state index contributed by atoms with van der Waals surface area (Å²) >= 11 is 5.85. The number of amides is 1. The maximum absolute atomic E-state index is 12.2. The van der Waals surface area contributed by atoms with Gasteiger partial charge in [0.2, 0.25) is 5.91 Å². The summed E-state index contributed by atoms with van der Waals surface area (Å²) in [6.07, 6.45) is 1.49. The van der Waals surface area contributed by atoms with E-state index in [0.717, 1.165) is 11.1 Å². The van der Waals surface area contributed by atoms with Gasteiger partial charge in [0.05, 0.1) is 30.2 Å². The number of halogens is 1. The zero-order chi connectivity index (χ0) is 28.9. The second-order valence-electron chi connectivity index (χ2n) is 9.07. The summed E-state index contributed by atoms with van der Waals surface area (Å²) in [7, 11) is 1.55. The lowest BCUT2D eigenvalue weighted by atomic mass is 10.1. The summed E-state index contributed by atoms with van der Waals surface area (Å²) in [5, 5.41) is 20.9. The lowest BCUT2D eigenvalue weighted by molar-refractivity contribution is -0.116. The Morgan fingerprint density at radius 3 is 2.66 bits per heavy atom. The van der Waals surface area contributed by atoms with Crippen LogP contribution in [0.2, 0.25) is 0 Å². The number of hydrogen-bond acceptors (Lipinski definition) is 8. The van der Waals surface area contributed by atoms with Crippen LogP contribution in [0.5, 0.6) is 11.5 Å². The van der Waals surface area contributed by atoms with Crippen molar-refractivity contribution in [3.63, 3.8) is 0 Å². The van der Waals surface area contributed by atoms with E-state index in [1.54, 1.807) is 37.4 Å². The van der Waals surface area contributed by atoms with Crippen molar-refractivity contribution in [3.05, 3.63) is 60.8 Å². The zero-order valence-corrected chi connectivity index (χ0v) is 23.1. The van der Waals surface area contributed by atoms with Crippen molar-refractivity contribution in [1.82, 2.24) is 19.7 Å². The van der Waals surface area contributed by atoms with Crippen LogP contribution in [0.15, 0.2) is 60.8 Å². The van der Waals surface area contributed by atoms with Gasteiger partial charge in [-0.3, -0.25) is 4.79 Å². The van der Waals surface area contributed by atoms with E-state index in [-0.39, 0.29) is 12.5 Å². The molecule has 0 radical (unpaired) electrons. The summed E-state index contributed by atoms with van der Waals surface area (Å²) in [5.74, 6) is 2.11. The Morgan fingerprint density at radius 2 is 1.90 bits per heavy atom. The molecule has 3 aromatic carbocycles. The van der Waals surface area contributed by atoms with E-state index in [9.17, 15) is 14.7 Å². The Balaban J connectivity index is 1.61. The number of alkyl halides is 1. The Morgan fingerprint density at radius 1 is 1.05 bits per heavy atom. The van der Waals surface area contributed by atoms with E-state index in [4.69, 9.17) is 31.0 Å². The highest BCUT2D eigenvalue weighted by Gasteiger charge is 2.17. The Labute approximate surface area is 240 Å². The number of rotatable bonds is 10. The van der Waals surface area contributed by atoms with Crippen molar-refractivity contribution >= 4 is 62.6 Å². The van der Waals surface area contributed by atoms with Crippen LogP contribution < -0.4 is 20.1 Å². The fourth-order valence-electron chi connectivity index (χ4n) is 4.37. The molecule has 41 heavy (non-hydrogen) atoms. The van der Waals surface area contributed by atoms with Crippen LogP contribution in [0.4, 0.5) is 22.0 Å². The minimum Gasteiger partial charge on any atom is -0.493 e. The summed E-state index contributed by atoms with van der Waals surface area (Å²) in [5.41, 5.74) is 3.05. The Hall–Kier alpha value is -4.90. The van der Waals surface area contributed by atoms with E-state index in [1.165, 1.54) is 6.20 Å². The number of hydrogen-bond donors (Lipinski definition) is 3. The SMILES string of the molecule is CCCC(=O)Nc1cccc(-c2nc(Nc3ccc4c(cnn4C(=O)O)c3)c3cc(OCCCl)c(OC)cc3n2)c1. The number of fused-ring (bicyclic) bond motifs is 2. The minimum atomic E-state index is -1.17. The first-order valence-electron chi connectivity index (χ1n) is 12.9. The van der Waals surface area contributed by atoms with Gasteiger partial charge in [0.15, 0.2) is 17.3 Å². The highest BCUT2D eigenvalue weighted by molar-refractivity contribution is 6.18. The van der Waals surface area contributed by atoms with Crippen molar-refractivity contribution in [1.29, 1.82) is 0 Å². The smallest absolute Gasteiger partial charge is 0.432 e. The molecule has 0 saturated carbocycles. The van der Waals surface area contributed by atoms with Crippen molar-refractivity contribution < 1.29 is 24.2 Å². The highest BCUT2D eigenvalue weighted by atomic mass is 35.5. The number of benzene rings is 3. The summed E-state index contributed by atoms with van der Waals surface area (Å²) in [6, 6.07) is 16.1. The molecule has 2 aromatic heterocycles. The number of carbonyl (C=O) groups excluding carboxylic acids is 1. The lowest BCUT2D eigenvalue weighted by Gasteiger charge is -2.15. The second kappa shape index (κ2) is 12.1. The molecule has 12 heteroatoms. The molecule has 0 saturated heterocycles. The largest absolute Gasteiger partial charge is 0.493 e. The normalized spacial score (nSPS) is 11.0. The first kappa shape index (κ1) is 27.7. The van der Waals surface area contributed by atoms with Crippen molar-refractivity contribution in [2.45, 2.75) is 19.8 Å². The van der Waals surface area contributed by atoms with E-state index in [0.29, 0.717) is 74.2 Å². The third-order valence-corrected chi connectivity index (χ3v) is 6.36. The molecule has 3 N–H and O–H groups in total. The molecular formula is C29H27ClN6O5. The minimum absolute atomic E-state index is 0.0674. The number of nitrogens with zero attached hydrogens (tertiary/aromatic N) is 4. The van der Waals surface area contributed by atoms with Crippen molar-refractivity contribution in [2.24, 2.45) is 0 Å². The van der Waals surface area contributed by atoms with E-state index in [1.807, 2.05) is 31.2 Å². The Kier molecular flexibility index (Phi) is 8.16. The number of ether oxygens (including phenoxy) is 2. The Bertz CT molecular complexity index is 1760. The van der Waals surface area contributed by atoms with Gasteiger partial charge >= 0.3 is 6.09 Å². The molecule has 2 heterocycles. The topological polar surface area (TPSA) is 140 Å². The van der Waals surface area contributed by atoms with E-state index < -0.39 is 6.09 Å². The molecule has 210 valence electrons. The van der Waals surface area contributed by atoms with Crippen LogP contribution in [0.1, 0.15) is 19.8 Å². The van der Waals surface area contributed by atoms with Crippen LogP contribution in [-0.4, -0.2) is 56.5 Å². The molecule has 0 bridgehead atoms. The molecular weight excluding hydrogens is 548 g/mol. The first-order chi connectivity index (χ1) is 19.9. The molecule has 0 fully saturated rings. The maximum atomic E-state index is 12.2. The lowest BCUT2D eigenvalue weighted by Crippen LogP contribution is -2.10. The van der Waals surface area contributed by atoms with Gasteiger partial charge in [0.25, 0.3) is 0 Å². The summed E-state index contributed by atoms with van der Waals surface area (Å²) < 4.78 is 12.3. The van der Waals surface area contributed by atoms with Gasteiger partial charge in [-0.1, -0.05) is 19.1 Å². The zero-order valence-electron chi connectivity index (χ0n) is 22.3. The number of aromatic nitrogens is 4. The predicted octanol–water partition coefficient (Wildman–Crippen LogP) is 6.28. The van der Waals surface area contributed by atoms with Crippen LogP contribution >= 0.6 is 11.6 Å². The van der Waals surface area contributed by atoms with Gasteiger partial charge in [0, 0.05) is 40.2 Å². The molecule has 0 aliphatic heterocycles. The molecule has 5 aromatic rings. The molecule has 0 atom stereocenters. The van der Waals surface area contributed by atoms with Gasteiger partial charge in [0.1, 0.15) is 12.4 Å². The number of nitrogens with one attached hydrogen (secondary N) is 2. The summed E-state index contributed by atoms with van der Waals surface area (Å²) in [6.45, 7) is 2.23. The van der Waals surface area contributed by atoms with E-state index in [2.05, 4.69) is 15.7 Å². The molecule has 0 spiro atoms. The molecule has 0 aliphatic carbocycles. The molecule has 1 amide bonds. The van der Waals surface area contributed by atoms with Crippen LogP contribution in [0, 0.1) is 0 Å². The number of carboxylic acid groups (broad SMARTS) is 1. The fraction of sp³-hybridized carbons (Fsp3) is 0.207. The number of carbonyl (C=O) groups is 2. The standard InChI is InChI=1S/C29H27ClN6O5/c1-3-5-26(37)32-19-7-4-6-17(12-19)27-34-22-15-24(40-2)25(41-11-10-30)14-21(22)28(35-27)33-20-8-9-23-18(13-20)16-31-36(23)29(38)39/h4,6-9,12-16H,3,5,10-11H2,1-2H3,(H,32,37)(H,38,39)(H,33,34,35). The van der Waals surface area contributed by atoms with Gasteiger partial charge in [-0.2, -0.15) is 9.78 Å². The third-order valence-electron chi connectivity index (χ3n) is 6.21. The molecule has 11 nitrogen and oxygen atoms in total. The average Bonchev–Trinajstić information content (AvgIpc) is 3.39. The second-order valence-corrected chi connectivity index (χ2v) is 9.45. The summed E-state index contributed by atoms with van der Waals surface area (Å²) in [4.78, 5) is 33.3. The van der Waals surface area contributed by atoms with Gasteiger partial charge in [-0.25, -0.2) is 14.8 Å². The quantitative estimate of drug-likeness (QED) is 0.164. The van der Waals surface area contributed by atoms with Gasteiger partial charge in [-0.15, -0.1) is 11.6 Å². The number of anilines is 3. The first-order valence-corrected chi connectivity index (χ1v) is 13.4.